The molecule has 0 unspecified atom stereocenters. The zero-order valence-corrected chi connectivity index (χ0v) is 13.8. The molecule has 1 aromatic heterocycles. The molecule has 132 valence electrons. The molecule has 2 aromatic rings. The standard InChI is InChI=1S/C17H19N3O5/c1-24-13-3-2-12-6-11(10-25-14(12)7-13)8-18-16(22)9-20-5-4-15(21)19-17(20)23/h2-5,7,11H,6,8-10H2,1H3,(H,18,22)(H,19,21,23)/t11-/m1/s1. The maximum Gasteiger partial charge on any atom is 0.328 e. The van der Waals surface area contributed by atoms with Crippen molar-refractivity contribution in [3.63, 3.8) is 0 Å². The lowest BCUT2D eigenvalue weighted by Crippen LogP contribution is -2.39. The minimum atomic E-state index is -0.605. The Kier molecular flexibility index (Phi) is 4.87. The molecule has 2 N–H and O–H groups in total. The van der Waals surface area contributed by atoms with Crippen LogP contribution in [-0.2, 0) is 17.8 Å². The van der Waals surface area contributed by atoms with E-state index >= 15 is 0 Å². The Hall–Kier alpha value is -3.03. The fraction of sp³-hybridized carbons (Fsp3) is 0.353. The van der Waals surface area contributed by atoms with E-state index in [9.17, 15) is 14.4 Å². The molecule has 25 heavy (non-hydrogen) atoms. The Morgan fingerprint density at radius 1 is 1.40 bits per heavy atom. The quantitative estimate of drug-likeness (QED) is 0.789. The number of aromatic amines is 1. The molecule has 1 aliphatic heterocycles. The highest BCUT2D eigenvalue weighted by Crippen LogP contribution is 2.30. The van der Waals surface area contributed by atoms with Gasteiger partial charge in [-0.2, -0.15) is 0 Å². The van der Waals surface area contributed by atoms with Crippen LogP contribution in [0.2, 0.25) is 0 Å². The molecule has 1 atom stereocenters. The largest absolute Gasteiger partial charge is 0.497 e. The number of nitrogens with one attached hydrogen (secondary N) is 2. The summed E-state index contributed by atoms with van der Waals surface area (Å²) in [5.41, 5.74) is -0.0222. The van der Waals surface area contributed by atoms with Crippen LogP contribution in [0.1, 0.15) is 5.56 Å². The van der Waals surface area contributed by atoms with Crippen LogP contribution in [0.25, 0.3) is 0 Å². The van der Waals surface area contributed by atoms with Crippen LogP contribution < -0.4 is 26.0 Å². The Morgan fingerprint density at radius 3 is 3.00 bits per heavy atom. The molecular formula is C17H19N3O5. The first kappa shape index (κ1) is 16.8. The van der Waals surface area contributed by atoms with Gasteiger partial charge in [0.1, 0.15) is 18.0 Å². The van der Waals surface area contributed by atoms with Gasteiger partial charge in [-0.15, -0.1) is 0 Å². The molecule has 8 heteroatoms. The molecule has 1 aliphatic rings. The van der Waals surface area contributed by atoms with Gasteiger partial charge in [0.2, 0.25) is 5.91 Å². The molecule has 0 aliphatic carbocycles. The van der Waals surface area contributed by atoms with Gasteiger partial charge in [-0.3, -0.25) is 19.1 Å². The number of aromatic nitrogens is 2. The van der Waals surface area contributed by atoms with Gasteiger partial charge in [0.25, 0.3) is 5.56 Å². The molecule has 0 saturated heterocycles. The van der Waals surface area contributed by atoms with Crippen LogP contribution in [0.4, 0.5) is 0 Å². The molecule has 8 nitrogen and oxygen atoms in total. The van der Waals surface area contributed by atoms with Gasteiger partial charge < -0.3 is 14.8 Å². The van der Waals surface area contributed by atoms with Crippen molar-refractivity contribution in [2.24, 2.45) is 5.92 Å². The van der Waals surface area contributed by atoms with Gasteiger partial charge in [0.15, 0.2) is 0 Å². The van der Waals surface area contributed by atoms with E-state index in [-0.39, 0.29) is 18.4 Å². The highest BCUT2D eigenvalue weighted by molar-refractivity contribution is 5.75. The fourth-order valence-electron chi connectivity index (χ4n) is 2.71. The third-order valence-electron chi connectivity index (χ3n) is 4.06. The molecule has 1 amide bonds. The van der Waals surface area contributed by atoms with Crippen LogP contribution in [0.3, 0.4) is 0 Å². The molecular weight excluding hydrogens is 326 g/mol. The van der Waals surface area contributed by atoms with Crippen LogP contribution in [0.5, 0.6) is 11.5 Å². The first-order valence-electron chi connectivity index (χ1n) is 7.91. The summed E-state index contributed by atoms with van der Waals surface area (Å²) in [6, 6.07) is 6.90. The second-order valence-corrected chi connectivity index (χ2v) is 5.90. The van der Waals surface area contributed by atoms with Gasteiger partial charge in [-0.1, -0.05) is 6.07 Å². The molecule has 2 heterocycles. The number of amides is 1. The highest BCUT2D eigenvalue weighted by Gasteiger charge is 2.21. The number of benzene rings is 1. The van der Waals surface area contributed by atoms with E-state index in [2.05, 4.69) is 10.3 Å². The summed E-state index contributed by atoms with van der Waals surface area (Å²) in [4.78, 5) is 36.7. The smallest absolute Gasteiger partial charge is 0.328 e. The van der Waals surface area contributed by atoms with Gasteiger partial charge in [0, 0.05) is 30.8 Å². The van der Waals surface area contributed by atoms with Crippen molar-refractivity contribution in [1.82, 2.24) is 14.9 Å². The first-order chi connectivity index (χ1) is 12.0. The topological polar surface area (TPSA) is 102 Å². The number of carbonyl (C=O) groups is 1. The van der Waals surface area contributed by atoms with Crippen molar-refractivity contribution in [2.75, 3.05) is 20.3 Å². The minimum absolute atomic E-state index is 0.142. The summed E-state index contributed by atoms with van der Waals surface area (Å²) >= 11 is 0. The average molecular weight is 345 g/mol. The van der Waals surface area contributed by atoms with Gasteiger partial charge in [-0.25, -0.2) is 4.79 Å². The number of nitrogens with zero attached hydrogens (tertiary/aromatic N) is 1. The van der Waals surface area contributed by atoms with Gasteiger partial charge in [0.05, 0.1) is 13.7 Å². The summed E-state index contributed by atoms with van der Waals surface area (Å²) in [5.74, 6) is 1.41. The molecule has 1 aromatic carbocycles. The van der Waals surface area contributed by atoms with E-state index in [0.717, 1.165) is 28.1 Å². The minimum Gasteiger partial charge on any atom is -0.497 e. The highest BCUT2D eigenvalue weighted by atomic mass is 16.5. The molecule has 0 bridgehead atoms. The van der Waals surface area contributed by atoms with E-state index in [1.165, 1.54) is 12.3 Å². The lowest BCUT2D eigenvalue weighted by atomic mass is 9.96. The van der Waals surface area contributed by atoms with Crippen LogP contribution in [0.15, 0.2) is 40.1 Å². The lowest BCUT2D eigenvalue weighted by molar-refractivity contribution is -0.122. The predicted octanol–water partition coefficient (Wildman–Crippen LogP) is -0.0873. The van der Waals surface area contributed by atoms with E-state index in [1.807, 2.05) is 18.2 Å². The van der Waals surface area contributed by atoms with Crippen LogP contribution >= 0.6 is 0 Å². The summed E-state index contributed by atoms with van der Waals surface area (Å²) in [6.45, 7) is 0.804. The number of hydrogen-bond acceptors (Lipinski definition) is 5. The van der Waals surface area contributed by atoms with Crippen molar-refractivity contribution in [3.05, 3.63) is 56.9 Å². The van der Waals surface area contributed by atoms with E-state index in [0.29, 0.717) is 13.2 Å². The summed E-state index contributed by atoms with van der Waals surface area (Å²) in [5, 5.41) is 2.80. The predicted molar refractivity (Wildman–Crippen MR) is 90.0 cm³/mol. The van der Waals surface area contributed by atoms with Gasteiger partial charge >= 0.3 is 5.69 Å². The number of methoxy groups -OCH3 is 1. The van der Waals surface area contributed by atoms with Crippen molar-refractivity contribution >= 4 is 5.91 Å². The normalized spacial score (nSPS) is 15.8. The zero-order valence-electron chi connectivity index (χ0n) is 13.8. The zero-order chi connectivity index (χ0) is 17.8. The maximum absolute atomic E-state index is 12.0. The van der Waals surface area contributed by atoms with Crippen molar-refractivity contribution in [2.45, 2.75) is 13.0 Å². The second kappa shape index (κ2) is 7.25. The Bertz CT molecular complexity index is 886. The Morgan fingerprint density at radius 2 is 2.24 bits per heavy atom. The van der Waals surface area contributed by atoms with Crippen molar-refractivity contribution in [1.29, 1.82) is 0 Å². The number of hydrogen-bond donors (Lipinski definition) is 2. The summed E-state index contributed by atoms with van der Waals surface area (Å²) < 4.78 is 12.1. The molecule has 0 saturated carbocycles. The molecule has 3 rings (SSSR count). The summed E-state index contributed by atoms with van der Waals surface area (Å²) in [7, 11) is 1.61. The Balaban J connectivity index is 1.54. The number of rotatable bonds is 5. The average Bonchev–Trinajstić information content (AvgIpc) is 2.61. The van der Waals surface area contributed by atoms with Crippen LogP contribution in [0, 0.1) is 5.92 Å². The summed E-state index contributed by atoms with van der Waals surface area (Å²) in [6.07, 6.45) is 2.09. The van der Waals surface area contributed by atoms with Crippen molar-refractivity contribution in [3.8, 4) is 11.5 Å². The number of ether oxygens (including phenoxy) is 2. The molecule has 0 fully saturated rings. The second-order valence-electron chi connectivity index (χ2n) is 5.90. The fourth-order valence-corrected chi connectivity index (χ4v) is 2.71. The third kappa shape index (κ3) is 4.09. The van der Waals surface area contributed by atoms with E-state index < -0.39 is 11.2 Å². The molecule has 0 radical (unpaired) electrons. The number of fused-ring (bicyclic) bond motifs is 1. The third-order valence-corrected chi connectivity index (χ3v) is 4.06. The SMILES string of the molecule is COc1ccc2c(c1)OC[C@@H](CNC(=O)Cn1ccc(=O)[nH]c1=O)C2. The van der Waals surface area contributed by atoms with Crippen molar-refractivity contribution < 1.29 is 14.3 Å². The van der Waals surface area contributed by atoms with E-state index in [1.54, 1.807) is 7.11 Å². The monoisotopic (exact) mass is 345 g/mol. The Labute approximate surface area is 143 Å². The number of H-pyrrole nitrogens is 1. The van der Waals surface area contributed by atoms with E-state index in [4.69, 9.17) is 9.47 Å². The first-order valence-corrected chi connectivity index (χ1v) is 7.91. The lowest BCUT2D eigenvalue weighted by Gasteiger charge is -2.25. The van der Waals surface area contributed by atoms with Gasteiger partial charge in [-0.05, 0) is 18.1 Å². The van der Waals surface area contributed by atoms with Crippen LogP contribution in [-0.4, -0.2) is 35.7 Å². The molecule has 0 spiro atoms. The maximum atomic E-state index is 12.0. The number of carbonyl (C=O) groups excluding carboxylic acids is 1.